The van der Waals surface area contributed by atoms with Crippen molar-refractivity contribution in [2.45, 2.75) is 0 Å². The number of hydrogen-bond donors (Lipinski definition) is 0. The monoisotopic (exact) mass is 536 g/mol. The molecule has 0 unspecified atom stereocenters. The van der Waals surface area contributed by atoms with Crippen LogP contribution in [-0.4, -0.2) is 4.98 Å². The van der Waals surface area contributed by atoms with Crippen molar-refractivity contribution in [2.75, 3.05) is 4.90 Å². The van der Waals surface area contributed by atoms with Crippen LogP contribution in [0.2, 0.25) is 0 Å². The molecule has 190 valence electrons. The second-order valence-electron chi connectivity index (χ2n) is 9.59. The fourth-order valence-corrected chi connectivity index (χ4v) is 6.02. The lowest BCUT2D eigenvalue weighted by molar-refractivity contribution is 0.657. The summed E-state index contributed by atoms with van der Waals surface area (Å²) >= 11 is 1.59. The van der Waals surface area contributed by atoms with Crippen LogP contribution in [0.3, 0.4) is 0 Å². The molecule has 8 rings (SSSR count). The van der Waals surface area contributed by atoms with Crippen LogP contribution in [0.25, 0.3) is 54.4 Å². The van der Waals surface area contributed by atoms with Crippen LogP contribution in [0.4, 0.5) is 17.1 Å². The number of para-hydroxylation sites is 3. The summed E-state index contributed by atoms with van der Waals surface area (Å²) in [6.45, 7) is 0. The smallest absolute Gasteiger partial charge is 0.200 e. The third-order valence-electron chi connectivity index (χ3n) is 7.20. The number of hydrogen-bond acceptors (Lipinski definition) is 6. The fourth-order valence-electron chi connectivity index (χ4n) is 5.39. The average Bonchev–Trinajstić information content (AvgIpc) is 3.66. The third-order valence-corrected chi connectivity index (χ3v) is 8.02. The van der Waals surface area contributed by atoms with Crippen molar-refractivity contribution in [3.63, 3.8) is 0 Å². The molecule has 0 atom stereocenters. The minimum Gasteiger partial charge on any atom is -0.456 e. The molecule has 0 fully saturated rings. The highest BCUT2D eigenvalue weighted by Crippen LogP contribution is 2.45. The van der Waals surface area contributed by atoms with Gasteiger partial charge in [-0.1, -0.05) is 48.5 Å². The Balaban J connectivity index is 1.49. The molecule has 3 heterocycles. The molecule has 0 amide bonds. The largest absolute Gasteiger partial charge is 0.456 e. The van der Waals surface area contributed by atoms with E-state index in [2.05, 4.69) is 46.3 Å². The first-order chi connectivity index (χ1) is 19.7. The number of benzene rings is 5. The summed E-state index contributed by atoms with van der Waals surface area (Å²) in [5, 5.41) is 5.74. The van der Waals surface area contributed by atoms with E-state index < -0.39 is 0 Å². The van der Waals surface area contributed by atoms with E-state index in [1.54, 1.807) is 17.4 Å². The van der Waals surface area contributed by atoms with E-state index in [0.717, 1.165) is 44.0 Å². The van der Waals surface area contributed by atoms with Gasteiger partial charge in [0.25, 0.3) is 0 Å². The summed E-state index contributed by atoms with van der Waals surface area (Å²) in [5.74, 6) is 0. The van der Waals surface area contributed by atoms with Gasteiger partial charge in [-0.3, -0.25) is 4.79 Å². The van der Waals surface area contributed by atoms with Crippen LogP contribution in [0.15, 0.2) is 134 Å². The van der Waals surface area contributed by atoms with E-state index >= 15 is 0 Å². The van der Waals surface area contributed by atoms with Crippen LogP contribution >= 0.6 is 11.3 Å². The van der Waals surface area contributed by atoms with Crippen LogP contribution in [0, 0.1) is 0 Å². The normalized spacial score (nSPS) is 11.6. The minimum absolute atomic E-state index is 0.0712. The predicted octanol–water partition coefficient (Wildman–Crippen LogP) is 9.44. The number of rotatable bonds is 4. The quantitative estimate of drug-likeness (QED) is 0.210. The zero-order valence-electron chi connectivity index (χ0n) is 21.1. The molecule has 8 aromatic rings. The molecule has 0 aliphatic heterocycles. The van der Waals surface area contributed by atoms with Crippen molar-refractivity contribution in [1.82, 2.24) is 4.98 Å². The van der Waals surface area contributed by atoms with Gasteiger partial charge in [0.1, 0.15) is 21.8 Å². The summed E-state index contributed by atoms with van der Waals surface area (Å²) in [6, 6.07) is 35.8. The van der Waals surface area contributed by atoms with Crippen molar-refractivity contribution in [3.8, 4) is 10.6 Å². The molecule has 0 aliphatic carbocycles. The van der Waals surface area contributed by atoms with E-state index in [9.17, 15) is 4.79 Å². The molecule has 5 aromatic carbocycles. The zero-order valence-corrected chi connectivity index (χ0v) is 21.9. The molecule has 0 spiro atoms. The Bertz CT molecular complexity index is 2200. The molecule has 5 nitrogen and oxygen atoms in total. The molecule has 6 heteroatoms. The SMILES string of the molecule is O=c1c2ccccc2oc2cc3c(cc12)oc1c(N(c2ccccc2)c2ccccc2)cc(-c2nccs2)cc13. The Hall–Kier alpha value is -5.20. The lowest BCUT2D eigenvalue weighted by Crippen LogP contribution is -2.10. The summed E-state index contributed by atoms with van der Waals surface area (Å²) in [7, 11) is 0. The third kappa shape index (κ3) is 3.54. The highest BCUT2D eigenvalue weighted by Gasteiger charge is 2.22. The molecular weight excluding hydrogens is 516 g/mol. The Morgan fingerprint density at radius 3 is 2.02 bits per heavy atom. The Kier molecular flexibility index (Phi) is 5.08. The molecule has 0 saturated heterocycles. The highest BCUT2D eigenvalue weighted by atomic mass is 32.1. The Labute approximate surface area is 232 Å². The van der Waals surface area contributed by atoms with Gasteiger partial charge in [0, 0.05) is 39.3 Å². The van der Waals surface area contributed by atoms with Crippen LogP contribution in [-0.2, 0) is 0 Å². The molecular formula is C34H20N2O3S. The predicted molar refractivity (Wildman–Crippen MR) is 163 cm³/mol. The first-order valence-corrected chi connectivity index (χ1v) is 13.8. The summed E-state index contributed by atoms with van der Waals surface area (Å²) < 4.78 is 12.8. The first-order valence-electron chi connectivity index (χ1n) is 12.9. The van der Waals surface area contributed by atoms with E-state index in [-0.39, 0.29) is 5.43 Å². The lowest BCUT2D eigenvalue weighted by atomic mass is 10.0. The minimum atomic E-state index is -0.0712. The van der Waals surface area contributed by atoms with E-state index in [1.165, 1.54) is 0 Å². The van der Waals surface area contributed by atoms with Crippen molar-refractivity contribution >= 4 is 72.3 Å². The van der Waals surface area contributed by atoms with Gasteiger partial charge in [0.2, 0.25) is 5.43 Å². The van der Waals surface area contributed by atoms with Crippen molar-refractivity contribution in [1.29, 1.82) is 0 Å². The Morgan fingerprint density at radius 2 is 1.30 bits per heavy atom. The van der Waals surface area contributed by atoms with Gasteiger partial charge in [0.05, 0.1) is 16.5 Å². The molecule has 0 bridgehead atoms. The van der Waals surface area contributed by atoms with Crippen LogP contribution in [0.5, 0.6) is 0 Å². The lowest BCUT2D eigenvalue weighted by Gasteiger charge is -2.25. The summed E-state index contributed by atoms with van der Waals surface area (Å²) in [4.78, 5) is 20.2. The average molecular weight is 537 g/mol. The van der Waals surface area contributed by atoms with E-state index in [0.29, 0.717) is 27.5 Å². The highest BCUT2D eigenvalue weighted by molar-refractivity contribution is 7.13. The molecule has 0 aliphatic rings. The van der Waals surface area contributed by atoms with Crippen molar-refractivity contribution in [2.24, 2.45) is 0 Å². The number of furan rings is 1. The van der Waals surface area contributed by atoms with Gasteiger partial charge < -0.3 is 13.7 Å². The van der Waals surface area contributed by atoms with E-state index in [1.807, 2.05) is 78.3 Å². The van der Waals surface area contributed by atoms with Gasteiger partial charge >= 0.3 is 0 Å². The van der Waals surface area contributed by atoms with Crippen LogP contribution in [0.1, 0.15) is 0 Å². The van der Waals surface area contributed by atoms with Crippen molar-refractivity contribution in [3.05, 3.63) is 131 Å². The number of nitrogens with zero attached hydrogens (tertiary/aromatic N) is 2. The van der Waals surface area contributed by atoms with Gasteiger partial charge in [0.15, 0.2) is 5.58 Å². The first kappa shape index (κ1) is 22.8. The van der Waals surface area contributed by atoms with Gasteiger partial charge in [-0.2, -0.15) is 0 Å². The maximum absolute atomic E-state index is 13.4. The topological polar surface area (TPSA) is 59.5 Å². The maximum Gasteiger partial charge on any atom is 0.200 e. The second kappa shape index (κ2) is 8.93. The number of anilines is 3. The summed E-state index contributed by atoms with van der Waals surface area (Å²) in [5.41, 5.74) is 6.23. The van der Waals surface area contributed by atoms with Gasteiger partial charge in [-0.05, 0) is 60.7 Å². The van der Waals surface area contributed by atoms with Gasteiger partial charge in [-0.15, -0.1) is 11.3 Å². The van der Waals surface area contributed by atoms with Crippen LogP contribution < -0.4 is 10.3 Å². The number of thiazole rings is 1. The second-order valence-corrected chi connectivity index (χ2v) is 10.5. The molecule has 0 radical (unpaired) electrons. The summed E-state index contributed by atoms with van der Waals surface area (Å²) in [6.07, 6.45) is 1.82. The fraction of sp³-hybridized carbons (Fsp3) is 0. The molecule has 3 aromatic heterocycles. The standard InChI is InChI=1S/C34H20N2O3S/c37-32-24-13-7-8-14-29(24)38-31-19-25-26-17-21(34-35-15-16-40-34)18-28(33(26)39-30(25)20-27(31)32)36(22-9-3-1-4-10-22)23-11-5-2-6-12-23/h1-20H. The number of aromatic nitrogens is 1. The van der Waals surface area contributed by atoms with Gasteiger partial charge in [-0.25, -0.2) is 4.98 Å². The molecule has 0 saturated carbocycles. The van der Waals surface area contributed by atoms with Crippen molar-refractivity contribution < 1.29 is 8.83 Å². The Morgan fingerprint density at radius 1 is 0.625 bits per heavy atom. The zero-order chi connectivity index (χ0) is 26.6. The molecule has 40 heavy (non-hydrogen) atoms. The van der Waals surface area contributed by atoms with E-state index in [4.69, 9.17) is 8.83 Å². The maximum atomic E-state index is 13.4. The molecule has 0 N–H and O–H groups in total. The number of fused-ring (bicyclic) bond motifs is 5.